The Labute approximate surface area is 209 Å². The van der Waals surface area contributed by atoms with Gasteiger partial charge in [0.2, 0.25) is 11.8 Å². The molecule has 3 N–H and O–H groups in total. The summed E-state index contributed by atoms with van der Waals surface area (Å²) in [6.07, 6.45) is 4.97. The second-order valence-electron chi connectivity index (χ2n) is 10.4. The van der Waals surface area contributed by atoms with Crippen LogP contribution in [0, 0.1) is 13.8 Å². The van der Waals surface area contributed by atoms with Crippen molar-refractivity contribution in [2.45, 2.75) is 104 Å². The molecule has 0 heterocycles. The summed E-state index contributed by atoms with van der Waals surface area (Å²) in [6, 6.07) is 3.71. The van der Waals surface area contributed by atoms with Crippen LogP contribution in [0.1, 0.15) is 89.0 Å². The number of aryl methyl sites for hydroxylation is 1. The van der Waals surface area contributed by atoms with Gasteiger partial charge < -0.3 is 25.4 Å². The average molecular weight is 490 g/mol. The minimum atomic E-state index is -1.23. The van der Waals surface area contributed by atoms with Crippen LogP contribution in [0.2, 0.25) is 0 Å². The Morgan fingerprint density at radius 3 is 2.37 bits per heavy atom. The molecule has 8 heteroatoms. The highest BCUT2D eigenvalue weighted by molar-refractivity contribution is 5.92. The summed E-state index contributed by atoms with van der Waals surface area (Å²) < 4.78 is 5.28. The van der Waals surface area contributed by atoms with Gasteiger partial charge in [-0.25, -0.2) is 4.79 Å². The van der Waals surface area contributed by atoms with Gasteiger partial charge in [0.1, 0.15) is 17.7 Å². The second kappa shape index (κ2) is 12.9. The predicted octanol–water partition coefficient (Wildman–Crippen LogP) is 3.92. The first kappa shape index (κ1) is 28.6. The fraction of sp³-hybridized carbons (Fsp3) is 0.667. The number of carbonyl (C=O) groups is 3. The molecule has 2 atom stereocenters. The van der Waals surface area contributed by atoms with Crippen molar-refractivity contribution >= 4 is 17.9 Å². The third-order valence-corrected chi connectivity index (χ3v) is 6.37. The van der Waals surface area contributed by atoms with Gasteiger partial charge in [0.25, 0.3) is 0 Å². The van der Waals surface area contributed by atoms with E-state index in [0.29, 0.717) is 13.0 Å². The first-order valence-electron chi connectivity index (χ1n) is 12.8. The highest BCUT2D eigenvalue weighted by Gasteiger charge is 2.37. The summed E-state index contributed by atoms with van der Waals surface area (Å²) in [5.74, 6) is -0.758. The van der Waals surface area contributed by atoms with Crippen LogP contribution in [0.15, 0.2) is 18.2 Å². The van der Waals surface area contributed by atoms with Crippen molar-refractivity contribution in [3.8, 4) is 0 Å². The van der Waals surface area contributed by atoms with Crippen molar-refractivity contribution in [1.29, 1.82) is 0 Å². The largest absolute Gasteiger partial charge is 0.444 e. The van der Waals surface area contributed by atoms with Gasteiger partial charge in [-0.1, -0.05) is 44.4 Å². The molecule has 8 nitrogen and oxygen atoms in total. The van der Waals surface area contributed by atoms with E-state index in [1.807, 2.05) is 39.0 Å². The smallest absolute Gasteiger partial charge is 0.408 e. The van der Waals surface area contributed by atoms with Crippen LogP contribution in [-0.4, -0.2) is 58.8 Å². The van der Waals surface area contributed by atoms with E-state index in [4.69, 9.17) is 4.74 Å². The molecule has 0 bridgehead atoms. The van der Waals surface area contributed by atoms with Crippen molar-refractivity contribution in [3.05, 3.63) is 34.9 Å². The van der Waals surface area contributed by atoms with Crippen molar-refractivity contribution in [3.63, 3.8) is 0 Å². The number of hydrogen-bond acceptors (Lipinski definition) is 5. The van der Waals surface area contributed by atoms with Crippen molar-refractivity contribution in [2.75, 3.05) is 13.2 Å². The summed E-state index contributed by atoms with van der Waals surface area (Å²) >= 11 is 0. The molecule has 1 aliphatic carbocycles. The number of alkyl carbamates (subject to hydrolysis) is 1. The molecule has 1 aromatic carbocycles. The van der Waals surface area contributed by atoms with Crippen LogP contribution in [0.3, 0.4) is 0 Å². The zero-order valence-electron chi connectivity index (χ0n) is 22.1. The van der Waals surface area contributed by atoms with Gasteiger partial charge in [0.05, 0.1) is 6.61 Å². The maximum Gasteiger partial charge on any atom is 0.408 e. The Hall–Kier alpha value is -2.61. The Kier molecular flexibility index (Phi) is 10.6. The molecule has 1 aliphatic rings. The highest BCUT2D eigenvalue weighted by Crippen LogP contribution is 2.28. The number of amides is 3. The van der Waals surface area contributed by atoms with E-state index in [-0.39, 0.29) is 11.9 Å². The SMILES string of the molecule is CCCN(C(=O)C(CO)NC(=O)OC(C)(C)C)C(C(=O)NC1CCCCC1)c1cccc(C)c1C. The third-order valence-electron chi connectivity index (χ3n) is 6.37. The van der Waals surface area contributed by atoms with Crippen LogP contribution in [0.4, 0.5) is 4.79 Å². The van der Waals surface area contributed by atoms with E-state index in [2.05, 4.69) is 10.6 Å². The lowest BCUT2D eigenvalue weighted by Crippen LogP contribution is -2.55. The molecule has 196 valence electrons. The zero-order valence-corrected chi connectivity index (χ0v) is 22.1. The summed E-state index contributed by atoms with van der Waals surface area (Å²) in [6.45, 7) is 10.7. The number of aliphatic hydroxyl groups excluding tert-OH is 1. The summed E-state index contributed by atoms with van der Waals surface area (Å²) in [5.41, 5.74) is 1.95. The van der Waals surface area contributed by atoms with Crippen LogP contribution in [0.5, 0.6) is 0 Å². The predicted molar refractivity (Wildman–Crippen MR) is 136 cm³/mol. The molecule has 0 radical (unpaired) electrons. The molecule has 1 saturated carbocycles. The van der Waals surface area contributed by atoms with E-state index in [1.54, 1.807) is 20.8 Å². The number of ether oxygens (including phenoxy) is 1. The lowest BCUT2D eigenvalue weighted by molar-refractivity contribution is -0.143. The Bertz CT molecular complexity index is 874. The van der Waals surface area contributed by atoms with Gasteiger partial charge in [-0.15, -0.1) is 0 Å². The molecule has 0 saturated heterocycles. The molecule has 35 heavy (non-hydrogen) atoms. The van der Waals surface area contributed by atoms with E-state index in [1.165, 1.54) is 11.3 Å². The monoisotopic (exact) mass is 489 g/mol. The molecule has 0 aromatic heterocycles. The molecule has 0 spiro atoms. The van der Waals surface area contributed by atoms with Gasteiger partial charge in [0.15, 0.2) is 0 Å². The molecule has 1 aromatic rings. The van der Waals surface area contributed by atoms with Crippen molar-refractivity contribution in [2.24, 2.45) is 0 Å². The summed E-state index contributed by atoms with van der Waals surface area (Å²) in [4.78, 5) is 41.3. The van der Waals surface area contributed by atoms with Gasteiger partial charge >= 0.3 is 6.09 Å². The lowest BCUT2D eigenvalue weighted by Gasteiger charge is -2.36. The summed E-state index contributed by atoms with van der Waals surface area (Å²) in [7, 11) is 0. The van der Waals surface area contributed by atoms with Crippen LogP contribution in [-0.2, 0) is 14.3 Å². The number of nitrogens with one attached hydrogen (secondary N) is 2. The maximum atomic E-state index is 13.7. The number of hydrogen-bond donors (Lipinski definition) is 3. The molecular formula is C27H43N3O5. The van der Waals surface area contributed by atoms with E-state index >= 15 is 0 Å². The molecule has 2 unspecified atom stereocenters. The van der Waals surface area contributed by atoms with Crippen molar-refractivity contribution in [1.82, 2.24) is 15.5 Å². The number of aliphatic hydroxyl groups is 1. The van der Waals surface area contributed by atoms with E-state index in [9.17, 15) is 19.5 Å². The average Bonchev–Trinajstić information content (AvgIpc) is 2.79. The second-order valence-corrected chi connectivity index (χ2v) is 10.4. The Morgan fingerprint density at radius 2 is 1.80 bits per heavy atom. The van der Waals surface area contributed by atoms with Crippen LogP contribution < -0.4 is 10.6 Å². The first-order valence-corrected chi connectivity index (χ1v) is 12.8. The molecule has 2 rings (SSSR count). The van der Waals surface area contributed by atoms with Gasteiger partial charge in [0, 0.05) is 12.6 Å². The lowest BCUT2D eigenvalue weighted by atomic mass is 9.92. The van der Waals surface area contributed by atoms with Gasteiger partial charge in [-0.05, 0) is 70.6 Å². The maximum absolute atomic E-state index is 13.7. The fourth-order valence-corrected chi connectivity index (χ4v) is 4.49. The molecule has 0 aliphatic heterocycles. The minimum Gasteiger partial charge on any atom is -0.444 e. The van der Waals surface area contributed by atoms with Crippen LogP contribution in [0.25, 0.3) is 0 Å². The Morgan fingerprint density at radius 1 is 1.14 bits per heavy atom. The minimum absolute atomic E-state index is 0.0796. The van der Waals surface area contributed by atoms with E-state index < -0.39 is 36.3 Å². The normalized spacial score (nSPS) is 16.2. The molecule has 3 amide bonds. The van der Waals surface area contributed by atoms with Crippen molar-refractivity contribution < 1.29 is 24.2 Å². The fourth-order valence-electron chi connectivity index (χ4n) is 4.49. The Balaban J connectivity index is 2.41. The number of benzene rings is 1. The number of nitrogens with zero attached hydrogens (tertiary/aromatic N) is 1. The molecule has 1 fully saturated rings. The van der Waals surface area contributed by atoms with Gasteiger partial charge in [-0.3, -0.25) is 9.59 Å². The topological polar surface area (TPSA) is 108 Å². The van der Waals surface area contributed by atoms with E-state index in [0.717, 1.165) is 42.4 Å². The van der Waals surface area contributed by atoms with Crippen LogP contribution >= 0.6 is 0 Å². The number of carbonyl (C=O) groups excluding carboxylic acids is 3. The highest BCUT2D eigenvalue weighted by atomic mass is 16.6. The third kappa shape index (κ3) is 8.23. The molecular weight excluding hydrogens is 446 g/mol. The quantitative estimate of drug-likeness (QED) is 0.487. The zero-order chi connectivity index (χ0) is 26.2. The van der Waals surface area contributed by atoms with Gasteiger partial charge in [-0.2, -0.15) is 0 Å². The standard InChI is InChI=1S/C27H43N3O5/c1-7-16-30(25(33)22(17-31)29-26(34)35-27(4,5)6)23(21-15-11-12-18(2)19(21)3)24(32)28-20-13-9-8-10-14-20/h11-12,15,20,22-23,31H,7-10,13-14,16-17H2,1-6H3,(H,28,32)(H,29,34). The first-order chi connectivity index (χ1) is 16.5. The summed E-state index contributed by atoms with van der Waals surface area (Å²) in [5, 5.41) is 15.7. The number of rotatable bonds is 9.